The molecule has 0 N–H and O–H groups in total. The van der Waals surface area contributed by atoms with Crippen LogP contribution >= 0.6 is 15.9 Å². The number of sulfone groups is 1. The first kappa shape index (κ1) is 12.9. The van der Waals surface area contributed by atoms with E-state index in [0.29, 0.717) is 15.1 Å². The number of ether oxygens (including phenoxy) is 1. The first-order valence-corrected chi connectivity index (χ1v) is 7.97. The van der Waals surface area contributed by atoms with E-state index in [4.69, 9.17) is 4.74 Å². The summed E-state index contributed by atoms with van der Waals surface area (Å²) in [4.78, 5) is 0.386. The zero-order chi connectivity index (χ0) is 12.5. The molecule has 17 heavy (non-hydrogen) atoms. The van der Waals surface area contributed by atoms with Crippen molar-refractivity contribution in [2.24, 2.45) is 0 Å². The third-order valence-electron chi connectivity index (χ3n) is 3.19. The van der Waals surface area contributed by atoms with Crippen LogP contribution in [0.1, 0.15) is 25.7 Å². The Balaban J connectivity index is 2.36. The van der Waals surface area contributed by atoms with Gasteiger partial charge in [0.2, 0.25) is 0 Å². The maximum absolute atomic E-state index is 12.3. The van der Waals surface area contributed by atoms with Gasteiger partial charge in [-0.2, -0.15) is 0 Å². The lowest BCUT2D eigenvalue weighted by atomic mass is 10.3. The smallest absolute Gasteiger partial charge is 0.181 e. The second-order valence-corrected chi connectivity index (χ2v) is 7.33. The van der Waals surface area contributed by atoms with E-state index in [1.807, 2.05) is 0 Å². The van der Waals surface area contributed by atoms with Gasteiger partial charge in [0.1, 0.15) is 5.75 Å². The van der Waals surface area contributed by atoms with Gasteiger partial charge in [-0.05, 0) is 47.0 Å². The van der Waals surface area contributed by atoms with Crippen LogP contribution in [0.3, 0.4) is 0 Å². The van der Waals surface area contributed by atoms with Crippen molar-refractivity contribution in [1.82, 2.24) is 0 Å². The van der Waals surface area contributed by atoms with E-state index < -0.39 is 9.84 Å². The minimum atomic E-state index is -3.17. The lowest BCUT2D eigenvalue weighted by molar-refractivity contribution is 0.411. The van der Waals surface area contributed by atoms with Crippen molar-refractivity contribution in [2.75, 3.05) is 7.11 Å². The van der Waals surface area contributed by atoms with Crippen LogP contribution in [0, 0.1) is 0 Å². The molecule has 1 aromatic carbocycles. The Labute approximate surface area is 110 Å². The molecule has 0 aliphatic heterocycles. The summed E-state index contributed by atoms with van der Waals surface area (Å²) in [5, 5.41) is -0.206. The maximum atomic E-state index is 12.3. The fraction of sp³-hybridized carbons (Fsp3) is 0.500. The Bertz CT molecular complexity index is 504. The van der Waals surface area contributed by atoms with Crippen molar-refractivity contribution < 1.29 is 13.2 Å². The van der Waals surface area contributed by atoms with Gasteiger partial charge in [-0.25, -0.2) is 8.42 Å². The van der Waals surface area contributed by atoms with Gasteiger partial charge in [-0.15, -0.1) is 0 Å². The van der Waals surface area contributed by atoms with E-state index in [0.717, 1.165) is 25.7 Å². The minimum absolute atomic E-state index is 0.206. The highest BCUT2D eigenvalue weighted by Crippen LogP contribution is 2.33. The lowest BCUT2D eigenvalue weighted by Crippen LogP contribution is -2.17. The predicted octanol–water partition coefficient (Wildman–Crippen LogP) is 3.17. The SMILES string of the molecule is COc1ccc(S(=O)(=O)C2CCCC2)cc1Br. The normalized spacial score (nSPS) is 17.3. The molecule has 0 unspecified atom stereocenters. The molecule has 0 radical (unpaired) electrons. The molecule has 0 saturated heterocycles. The van der Waals surface area contributed by atoms with Crippen LogP contribution in [-0.2, 0) is 9.84 Å². The van der Waals surface area contributed by atoms with E-state index in [-0.39, 0.29) is 5.25 Å². The first-order valence-electron chi connectivity index (χ1n) is 5.63. The predicted molar refractivity (Wildman–Crippen MR) is 70.1 cm³/mol. The summed E-state index contributed by atoms with van der Waals surface area (Å²) in [6.45, 7) is 0. The zero-order valence-electron chi connectivity index (χ0n) is 9.65. The van der Waals surface area contributed by atoms with Gasteiger partial charge >= 0.3 is 0 Å². The van der Waals surface area contributed by atoms with Gasteiger partial charge in [-0.1, -0.05) is 12.8 Å². The number of methoxy groups -OCH3 is 1. The van der Waals surface area contributed by atoms with Crippen molar-refractivity contribution in [3.05, 3.63) is 22.7 Å². The van der Waals surface area contributed by atoms with Crippen molar-refractivity contribution in [1.29, 1.82) is 0 Å². The fourth-order valence-electron chi connectivity index (χ4n) is 2.22. The van der Waals surface area contributed by atoms with Crippen LogP contribution < -0.4 is 4.74 Å². The zero-order valence-corrected chi connectivity index (χ0v) is 12.1. The van der Waals surface area contributed by atoms with Gasteiger partial charge in [0.05, 0.1) is 21.7 Å². The molecule has 0 atom stereocenters. The van der Waals surface area contributed by atoms with Crippen LogP contribution in [0.5, 0.6) is 5.75 Å². The van der Waals surface area contributed by atoms with E-state index in [1.54, 1.807) is 25.3 Å². The summed E-state index contributed by atoms with van der Waals surface area (Å²) >= 11 is 3.32. The Morgan fingerprint density at radius 1 is 1.29 bits per heavy atom. The Morgan fingerprint density at radius 3 is 2.47 bits per heavy atom. The van der Waals surface area contributed by atoms with Crippen LogP contribution in [-0.4, -0.2) is 20.8 Å². The molecular formula is C12H15BrO3S. The monoisotopic (exact) mass is 318 g/mol. The number of hydrogen-bond donors (Lipinski definition) is 0. The molecule has 1 aliphatic rings. The second kappa shape index (κ2) is 4.98. The lowest BCUT2D eigenvalue weighted by Gasteiger charge is -2.12. The first-order chi connectivity index (χ1) is 8.05. The molecule has 0 heterocycles. The van der Waals surface area contributed by atoms with Gasteiger partial charge in [-0.3, -0.25) is 0 Å². The van der Waals surface area contributed by atoms with Crippen molar-refractivity contribution >= 4 is 25.8 Å². The summed E-state index contributed by atoms with van der Waals surface area (Å²) < 4.78 is 30.4. The molecule has 2 rings (SSSR count). The minimum Gasteiger partial charge on any atom is -0.496 e. The molecule has 1 aromatic rings. The molecule has 1 saturated carbocycles. The molecule has 94 valence electrons. The molecule has 0 spiro atoms. The molecule has 3 nitrogen and oxygen atoms in total. The largest absolute Gasteiger partial charge is 0.496 e. The Kier molecular flexibility index (Phi) is 3.78. The van der Waals surface area contributed by atoms with Crippen molar-refractivity contribution in [3.63, 3.8) is 0 Å². The highest BCUT2D eigenvalue weighted by Gasteiger charge is 2.30. The summed E-state index contributed by atoms with van der Waals surface area (Å²) in [5.41, 5.74) is 0. The Morgan fingerprint density at radius 2 is 1.94 bits per heavy atom. The summed E-state index contributed by atoms with van der Waals surface area (Å²) in [6.07, 6.45) is 3.60. The molecule has 0 aromatic heterocycles. The van der Waals surface area contributed by atoms with E-state index in [2.05, 4.69) is 15.9 Å². The quantitative estimate of drug-likeness (QED) is 0.859. The number of benzene rings is 1. The number of halogens is 1. The third kappa shape index (κ3) is 2.50. The van der Waals surface area contributed by atoms with Crippen LogP contribution in [0.15, 0.2) is 27.6 Å². The summed E-state index contributed by atoms with van der Waals surface area (Å²) in [7, 11) is -1.61. The van der Waals surface area contributed by atoms with E-state index >= 15 is 0 Å². The summed E-state index contributed by atoms with van der Waals surface area (Å²) in [6, 6.07) is 4.94. The van der Waals surface area contributed by atoms with Crippen LogP contribution in [0.25, 0.3) is 0 Å². The van der Waals surface area contributed by atoms with Crippen LogP contribution in [0.4, 0.5) is 0 Å². The highest BCUT2D eigenvalue weighted by atomic mass is 79.9. The van der Waals surface area contributed by atoms with Gasteiger partial charge in [0.25, 0.3) is 0 Å². The molecular weight excluding hydrogens is 304 g/mol. The third-order valence-corrected chi connectivity index (χ3v) is 6.07. The van der Waals surface area contributed by atoms with E-state index in [9.17, 15) is 8.42 Å². The average Bonchev–Trinajstić information content (AvgIpc) is 2.83. The topological polar surface area (TPSA) is 43.4 Å². The average molecular weight is 319 g/mol. The van der Waals surface area contributed by atoms with Crippen LogP contribution in [0.2, 0.25) is 0 Å². The van der Waals surface area contributed by atoms with Gasteiger partial charge < -0.3 is 4.74 Å². The van der Waals surface area contributed by atoms with Gasteiger partial charge in [0.15, 0.2) is 9.84 Å². The number of rotatable bonds is 3. The molecule has 5 heteroatoms. The maximum Gasteiger partial charge on any atom is 0.181 e. The van der Waals surface area contributed by atoms with Crippen molar-refractivity contribution in [3.8, 4) is 5.75 Å². The second-order valence-electron chi connectivity index (χ2n) is 4.25. The fourth-order valence-corrected chi connectivity index (χ4v) is 4.79. The molecule has 0 bridgehead atoms. The van der Waals surface area contributed by atoms with Gasteiger partial charge in [0, 0.05) is 0 Å². The van der Waals surface area contributed by atoms with Crippen molar-refractivity contribution in [2.45, 2.75) is 35.8 Å². The standard InChI is InChI=1S/C12H15BrO3S/c1-16-12-7-6-10(8-11(12)13)17(14,15)9-4-2-3-5-9/h6-9H,2-5H2,1H3. The van der Waals surface area contributed by atoms with E-state index in [1.165, 1.54) is 0 Å². The summed E-state index contributed by atoms with van der Waals surface area (Å²) in [5.74, 6) is 0.648. The molecule has 1 fully saturated rings. The molecule has 1 aliphatic carbocycles. The highest BCUT2D eigenvalue weighted by molar-refractivity contribution is 9.10. The number of hydrogen-bond acceptors (Lipinski definition) is 3. The molecule has 0 amide bonds. The Hall–Kier alpha value is -0.550.